The van der Waals surface area contributed by atoms with E-state index >= 15 is 0 Å². The molecule has 3 nitrogen and oxygen atoms in total. The Hall–Kier alpha value is -1.38. The zero-order valence-corrected chi connectivity index (χ0v) is 8.31. The van der Waals surface area contributed by atoms with Crippen LogP contribution in [-0.4, -0.2) is 23.9 Å². The van der Waals surface area contributed by atoms with Crippen molar-refractivity contribution < 1.29 is 4.79 Å². The Morgan fingerprint density at radius 3 is 3.14 bits per heavy atom. The minimum atomic E-state index is 0.503. The highest BCUT2D eigenvalue weighted by Crippen LogP contribution is 2.25. The summed E-state index contributed by atoms with van der Waals surface area (Å²) in [5.74, 6) is 0.840. The number of carbonyl (C=O) groups is 1. The summed E-state index contributed by atoms with van der Waals surface area (Å²) in [6.45, 7) is 3.19. The number of aromatic nitrogens is 1. The van der Waals surface area contributed by atoms with Crippen molar-refractivity contribution in [3.05, 3.63) is 23.9 Å². The number of hydrogen-bond donors (Lipinski definition) is 0. The average molecular weight is 190 g/mol. The van der Waals surface area contributed by atoms with Crippen LogP contribution < -0.4 is 4.90 Å². The molecule has 2 heterocycles. The summed E-state index contributed by atoms with van der Waals surface area (Å²) in [6, 6.07) is 4.12. The van der Waals surface area contributed by atoms with Crippen molar-refractivity contribution in [3.8, 4) is 0 Å². The zero-order valence-electron chi connectivity index (χ0n) is 8.31. The van der Waals surface area contributed by atoms with Crippen molar-refractivity contribution in [1.82, 2.24) is 4.98 Å². The third-order valence-corrected chi connectivity index (χ3v) is 2.77. The maximum Gasteiger partial charge on any atom is 0.153 e. The minimum Gasteiger partial charge on any atom is -0.353 e. The SMILES string of the molecule is CC1CCCN1c1ncccc1C=O. The first-order valence-corrected chi connectivity index (χ1v) is 5.00. The van der Waals surface area contributed by atoms with Crippen molar-refractivity contribution in [1.29, 1.82) is 0 Å². The topological polar surface area (TPSA) is 33.2 Å². The van der Waals surface area contributed by atoms with E-state index in [0.717, 1.165) is 18.6 Å². The molecule has 1 aromatic rings. The summed E-state index contributed by atoms with van der Waals surface area (Å²) in [7, 11) is 0. The molecular formula is C11H14N2O. The lowest BCUT2D eigenvalue weighted by atomic mass is 10.2. The second-order valence-corrected chi connectivity index (χ2v) is 3.72. The Bertz CT molecular complexity index is 338. The van der Waals surface area contributed by atoms with Crippen molar-refractivity contribution >= 4 is 12.1 Å². The van der Waals surface area contributed by atoms with Crippen LogP contribution in [0.5, 0.6) is 0 Å². The van der Waals surface area contributed by atoms with Gasteiger partial charge in [-0.05, 0) is 31.9 Å². The third kappa shape index (κ3) is 1.50. The van der Waals surface area contributed by atoms with Crippen LogP contribution >= 0.6 is 0 Å². The van der Waals surface area contributed by atoms with Gasteiger partial charge in [-0.3, -0.25) is 4.79 Å². The van der Waals surface area contributed by atoms with Gasteiger partial charge in [-0.1, -0.05) is 0 Å². The fourth-order valence-electron chi connectivity index (χ4n) is 1.99. The first kappa shape index (κ1) is 9.19. The van der Waals surface area contributed by atoms with Gasteiger partial charge in [0, 0.05) is 18.8 Å². The molecule has 1 aromatic heterocycles. The van der Waals surface area contributed by atoms with Gasteiger partial charge in [-0.25, -0.2) is 4.98 Å². The molecule has 74 valence electrons. The van der Waals surface area contributed by atoms with Gasteiger partial charge < -0.3 is 4.90 Å². The van der Waals surface area contributed by atoms with Crippen LogP contribution in [0.2, 0.25) is 0 Å². The van der Waals surface area contributed by atoms with Crippen molar-refractivity contribution in [3.63, 3.8) is 0 Å². The smallest absolute Gasteiger partial charge is 0.153 e. The molecule has 0 N–H and O–H groups in total. The Kier molecular flexibility index (Phi) is 2.48. The molecule has 0 bridgehead atoms. The second-order valence-electron chi connectivity index (χ2n) is 3.72. The van der Waals surface area contributed by atoms with Gasteiger partial charge in [0.15, 0.2) is 6.29 Å². The molecular weight excluding hydrogens is 176 g/mol. The number of hydrogen-bond acceptors (Lipinski definition) is 3. The molecule has 0 saturated carbocycles. The van der Waals surface area contributed by atoms with Gasteiger partial charge in [0.25, 0.3) is 0 Å². The predicted molar refractivity (Wildman–Crippen MR) is 55.7 cm³/mol. The molecule has 3 heteroatoms. The molecule has 1 aliphatic heterocycles. The van der Waals surface area contributed by atoms with E-state index in [1.54, 1.807) is 12.3 Å². The van der Waals surface area contributed by atoms with E-state index in [1.807, 2.05) is 6.07 Å². The zero-order chi connectivity index (χ0) is 9.97. The number of carbonyl (C=O) groups excluding carboxylic acids is 1. The second kappa shape index (κ2) is 3.78. The van der Waals surface area contributed by atoms with Gasteiger partial charge >= 0.3 is 0 Å². The molecule has 0 spiro atoms. The fourth-order valence-corrected chi connectivity index (χ4v) is 1.99. The molecule has 0 radical (unpaired) electrons. The summed E-state index contributed by atoms with van der Waals surface area (Å²) in [6.07, 6.45) is 5.01. The highest BCUT2D eigenvalue weighted by atomic mass is 16.1. The lowest BCUT2D eigenvalue weighted by Gasteiger charge is -2.23. The minimum absolute atomic E-state index is 0.503. The lowest BCUT2D eigenvalue weighted by Crippen LogP contribution is -2.28. The van der Waals surface area contributed by atoms with Crippen LogP contribution in [0, 0.1) is 0 Å². The fraction of sp³-hybridized carbons (Fsp3) is 0.455. The van der Waals surface area contributed by atoms with Crippen LogP contribution in [0.15, 0.2) is 18.3 Å². The summed E-state index contributed by atoms with van der Waals surface area (Å²) in [5.41, 5.74) is 0.696. The summed E-state index contributed by atoms with van der Waals surface area (Å²) >= 11 is 0. The van der Waals surface area contributed by atoms with Crippen LogP contribution in [0.3, 0.4) is 0 Å². The Morgan fingerprint density at radius 1 is 1.64 bits per heavy atom. The van der Waals surface area contributed by atoms with E-state index in [9.17, 15) is 4.79 Å². The predicted octanol–water partition coefficient (Wildman–Crippen LogP) is 1.88. The Balaban J connectivity index is 2.34. The molecule has 2 rings (SSSR count). The standard InChI is InChI=1S/C11H14N2O/c1-9-4-3-7-13(9)11-10(8-14)5-2-6-12-11/h2,5-6,8-9H,3-4,7H2,1H3. The monoisotopic (exact) mass is 190 g/mol. The van der Waals surface area contributed by atoms with Gasteiger partial charge in [-0.2, -0.15) is 0 Å². The third-order valence-electron chi connectivity index (χ3n) is 2.77. The highest BCUT2D eigenvalue weighted by Gasteiger charge is 2.23. The summed E-state index contributed by atoms with van der Waals surface area (Å²) in [4.78, 5) is 17.3. The molecule has 1 atom stereocenters. The van der Waals surface area contributed by atoms with Crippen molar-refractivity contribution in [2.45, 2.75) is 25.8 Å². The normalized spacial score (nSPS) is 21.2. The van der Waals surface area contributed by atoms with Crippen molar-refractivity contribution in [2.24, 2.45) is 0 Å². The first-order chi connectivity index (χ1) is 6.83. The maximum atomic E-state index is 10.8. The van der Waals surface area contributed by atoms with Gasteiger partial charge in [-0.15, -0.1) is 0 Å². The van der Waals surface area contributed by atoms with E-state index in [1.165, 1.54) is 12.8 Å². The highest BCUT2D eigenvalue weighted by molar-refractivity contribution is 5.82. The number of rotatable bonds is 2. The van der Waals surface area contributed by atoms with Crippen LogP contribution in [0.25, 0.3) is 0 Å². The number of pyridine rings is 1. The molecule has 1 aliphatic rings. The van der Waals surface area contributed by atoms with Gasteiger partial charge in [0.1, 0.15) is 5.82 Å². The summed E-state index contributed by atoms with van der Waals surface area (Å²) in [5, 5.41) is 0. The molecule has 1 unspecified atom stereocenters. The Morgan fingerprint density at radius 2 is 2.50 bits per heavy atom. The van der Waals surface area contributed by atoms with Crippen LogP contribution in [0.4, 0.5) is 5.82 Å². The summed E-state index contributed by atoms with van der Waals surface area (Å²) < 4.78 is 0. The molecule has 1 fully saturated rings. The molecule has 0 aliphatic carbocycles. The Labute approximate surface area is 83.8 Å². The number of aldehydes is 1. The molecule has 14 heavy (non-hydrogen) atoms. The molecule has 0 amide bonds. The van der Waals surface area contributed by atoms with Gasteiger partial charge in [0.05, 0.1) is 5.56 Å². The number of nitrogens with zero attached hydrogens (tertiary/aromatic N) is 2. The number of anilines is 1. The van der Waals surface area contributed by atoms with E-state index in [0.29, 0.717) is 11.6 Å². The average Bonchev–Trinajstić information content (AvgIpc) is 2.64. The molecule has 0 aromatic carbocycles. The first-order valence-electron chi connectivity index (χ1n) is 5.00. The molecule has 1 saturated heterocycles. The van der Waals surface area contributed by atoms with E-state index in [-0.39, 0.29) is 0 Å². The van der Waals surface area contributed by atoms with E-state index < -0.39 is 0 Å². The van der Waals surface area contributed by atoms with Crippen molar-refractivity contribution in [2.75, 3.05) is 11.4 Å². The van der Waals surface area contributed by atoms with E-state index in [2.05, 4.69) is 16.8 Å². The quantitative estimate of drug-likeness (QED) is 0.668. The maximum absolute atomic E-state index is 10.8. The largest absolute Gasteiger partial charge is 0.353 e. The lowest BCUT2D eigenvalue weighted by molar-refractivity contribution is 0.112. The van der Waals surface area contributed by atoms with E-state index in [4.69, 9.17) is 0 Å². The van der Waals surface area contributed by atoms with Gasteiger partial charge in [0.2, 0.25) is 0 Å². The van der Waals surface area contributed by atoms with Crippen LogP contribution in [-0.2, 0) is 0 Å². The van der Waals surface area contributed by atoms with Crippen LogP contribution in [0.1, 0.15) is 30.1 Å².